The summed E-state index contributed by atoms with van der Waals surface area (Å²) in [6, 6.07) is 20.2. The molecule has 0 amide bonds. The third-order valence-corrected chi connectivity index (χ3v) is 5.37. The van der Waals surface area contributed by atoms with Gasteiger partial charge in [0.15, 0.2) is 18.2 Å². The van der Waals surface area contributed by atoms with Gasteiger partial charge in [-0.05, 0) is 43.2 Å². The Kier molecular flexibility index (Phi) is 9.64. The molecule has 0 fully saturated rings. The van der Waals surface area contributed by atoms with E-state index in [9.17, 15) is 9.59 Å². The number of unbranched alkanes of at least 4 members (excludes halogenated alkanes) is 5. The fourth-order valence-electron chi connectivity index (χ4n) is 3.52. The Morgan fingerprint density at radius 1 is 0.697 bits per heavy atom. The van der Waals surface area contributed by atoms with Crippen LogP contribution >= 0.6 is 0 Å². The summed E-state index contributed by atoms with van der Waals surface area (Å²) < 4.78 is 13.0. The Labute approximate surface area is 196 Å². The first-order valence-corrected chi connectivity index (χ1v) is 11.6. The van der Waals surface area contributed by atoms with Crippen LogP contribution in [0.25, 0.3) is 0 Å². The van der Waals surface area contributed by atoms with Gasteiger partial charge < -0.3 is 9.47 Å². The lowest BCUT2D eigenvalue weighted by atomic mass is 10.0. The molecule has 5 heteroatoms. The van der Waals surface area contributed by atoms with E-state index in [1.807, 2.05) is 78.5 Å². The van der Waals surface area contributed by atoms with Crippen LogP contribution in [-0.2, 0) is 11.8 Å². The first-order valence-electron chi connectivity index (χ1n) is 11.6. The number of carbonyl (C=O) groups excluding carboxylic acids is 2. The largest absolute Gasteiger partial charge is 0.494 e. The van der Waals surface area contributed by atoms with Crippen LogP contribution < -0.4 is 9.30 Å². The summed E-state index contributed by atoms with van der Waals surface area (Å²) in [4.78, 5) is 24.4. The van der Waals surface area contributed by atoms with E-state index in [0.717, 1.165) is 44.3 Å². The predicted molar refractivity (Wildman–Crippen MR) is 127 cm³/mol. The van der Waals surface area contributed by atoms with Crippen LogP contribution in [0.15, 0.2) is 79.1 Å². The molecule has 2 aromatic carbocycles. The minimum atomic E-state index is -0.263. The molecule has 0 unspecified atom stereocenters. The van der Waals surface area contributed by atoms with Gasteiger partial charge in [-0.2, -0.15) is 0 Å². The molecule has 0 spiro atoms. The molecule has 3 aromatic rings. The molecule has 0 saturated carbocycles. The summed E-state index contributed by atoms with van der Waals surface area (Å²) >= 11 is 0. The van der Waals surface area contributed by atoms with Gasteiger partial charge in [-0.1, -0.05) is 56.0 Å². The van der Waals surface area contributed by atoms with E-state index in [1.54, 1.807) is 12.3 Å². The first-order chi connectivity index (χ1) is 16.1. The zero-order valence-corrected chi connectivity index (χ0v) is 19.2. The number of aromatic nitrogens is 1. The number of aryl methyl sites for hydroxylation is 1. The Bertz CT molecular complexity index is 1020. The van der Waals surface area contributed by atoms with Crippen molar-refractivity contribution < 1.29 is 23.6 Å². The summed E-state index contributed by atoms with van der Waals surface area (Å²) in [5, 5.41) is 0. The van der Waals surface area contributed by atoms with Gasteiger partial charge in [0.05, 0.1) is 13.2 Å². The molecule has 0 radical (unpaired) electrons. The number of hydrogen-bond acceptors (Lipinski definition) is 4. The lowest BCUT2D eigenvalue weighted by Gasteiger charge is -2.07. The summed E-state index contributed by atoms with van der Waals surface area (Å²) in [6.07, 6.45) is 9.93. The van der Waals surface area contributed by atoms with Crippen molar-refractivity contribution in [3.8, 4) is 5.75 Å². The first kappa shape index (κ1) is 24.2. The zero-order chi connectivity index (χ0) is 23.3. The number of pyridine rings is 1. The monoisotopic (exact) mass is 446 g/mol. The SMILES string of the molecule is C[n+]1cccc(C(=O)OCCCCCCCCOc2ccc(C(=O)c3ccccc3)cc2)c1. The molecule has 172 valence electrons. The second-order valence-corrected chi connectivity index (χ2v) is 8.08. The van der Waals surface area contributed by atoms with Crippen molar-refractivity contribution in [2.45, 2.75) is 38.5 Å². The van der Waals surface area contributed by atoms with Crippen molar-refractivity contribution in [1.29, 1.82) is 0 Å². The topological polar surface area (TPSA) is 56.5 Å². The average molecular weight is 447 g/mol. The average Bonchev–Trinajstić information content (AvgIpc) is 2.85. The molecule has 5 nitrogen and oxygen atoms in total. The fraction of sp³-hybridized carbons (Fsp3) is 0.321. The Morgan fingerprint density at radius 2 is 1.30 bits per heavy atom. The standard InChI is InChI=1S/C28H32NO4/c1-29-19-11-14-25(22-29)28(31)33-21-10-5-3-2-4-9-20-32-26-17-15-24(16-18-26)27(30)23-12-7-6-8-13-23/h6-8,11-19,22H,2-5,9-10,20-21H2,1H3/q+1. The molecule has 0 atom stereocenters. The predicted octanol–water partition coefficient (Wildman–Crippen LogP) is 5.32. The fourth-order valence-corrected chi connectivity index (χ4v) is 3.52. The third-order valence-electron chi connectivity index (χ3n) is 5.37. The van der Waals surface area contributed by atoms with Crippen LogP contribution in [0.1, 0.15) is 64.8 Å². The Morgan fingerprint density at radius 3 is 2.00 bits per heavy atom. The van der Waals surface area contributed by atoms with Crippen LogP contribution in [0.5, 0.6) is 5.75 Å². The second-order valence-electron chi connectivity index (χ2n) is 8.08. The number of esters is 1. The van der Waals surface area contributed by atoms with Gasteiger partial charge in [0.25, 0.3) is 0 Å². The maximum atomic E-state index is 12.4. The van der Waals surface area contributed by atoms with Gasteiger partial charge in [0.2, 0.25) is 0 Å². The van der Waals surface area contributed by atoms with Gasteiger partial charge in [-0.3, -0.25) is 4.79 Å². The lowest BCUT2D eigenvalue weighted by Crippen LogP contribution is -2.28. The quantitative estimate of drug-likeness (QED) is 0.154. The minimum absolute atomic E-state index is 0.0195. The molecule has 0 aliphatic rings. The summed E-state index contributed by atoms with van der Waals surface area (Å²) in [6.45, 7) is 1.13. The summed E-state index contributed by atoms with van der Waals surface area (Å²) in [5.74, 6) is 0.542. The second kappa shape index (κ2) is 13.2. The maximum absolute atomic E-state index is 12.4. The highest BCUT2D eigenvalue weighted by Crippen LogP contribution is 2.16. The smallest absolute Gasteiger partial charge is 0.344 e. The molecular weight excluding hydrogens is 414 g/mol. The van der Waals surface area contributed by atoms with Crippen LogP contribution in [0, 0.1) is 0 Å². The number of ketones is 1. The number of hydrogen-bond donors (Lipinski definition) is 0. The highest BCUT2D eigenvalue weighted by molar-refractivity contribution is 6.08. The normalized spacial score (nSPS) is 10.6. The van der Waals surface area contributed by atoms with E-state index in [0.29, 0.717) is 29.9 Å². The van der Waals surface area contributed by atoms with Crippen molar-refractivity contribution in [1.82, 2.24) is 0 Å². The van der Waals surface area contributed by atoms with Crippen LogP contribution in [0.4, 0.5) is 0 Å². The van der Waals surface area contributed by atoms with E-state index in [4.69, 9.17) is 9.47 Å². The molecule has 0 N–H and O–H groups in total. The molecule has 0 bridgehead atoms. The van der Waals surface area contributed by atoms with Gasteiger partial charge in [0, 0.05) is 17.2 Å². The summed E-state index contributed by atoms with van der Waals surface area (Å²) in [7, 11) is 1.88. The number of rotatable bonds is 13. The van der Waals surface area contributed by atoms with Crippen LogP contribution in [-0.4, -0.2) is 25.0 Å². The molecule has 0 saturated heterocycles. The van der Waals surface area contributed by atoms with Gasteiger partial charge >= 0.3 is 5.97 Å². The minimum Gasteiger partial charge on any atom is -0.494 e. The Balaban J connectivity index is 1.21. The van der Waals surface area contributed by atoms with E-state index in [1.165, 1.54) is 0 Å². The van der Waals surface area contributed by atoms with E-state index < -0.39 is 0 Å². The number of carbonyl (C=O) groups is 2. The van der Waals surface area contributed by atoms with E-state index in [2.05, 4.69) is 0 Å². The van der Waals surface area contributed by atoms with Crippen molar-refractivity contribution in [2.24, 2.45) is 7.05 Å². The number of nitrogens with zero attached hydrogens (tertiary/aromatic N) is 1. The maximum Gasteiger partial charge on any atom is 0.344 e. The molecule has 3 rings (SSSR count). The number of ether oxygens (including phenoxy) is 2. The highest BCUT2D eigenvalue weighted by atomic mass is 16.5. The molecule has 1 aromatic heterocycles. The third kappa shape index (κ3) is 8.19. The molecule has 33 heavy (non-hydrogen) atoms. The molecule has 1 heterocycles. The molecular formula is C28H32NO4+. The highest BCUT2D eigenvalue weighted by Gasteiger charge is 2.10. The summed E-state index contributed by atoms with van der Waals surface area (Å²) in [5.41, 5.74) is 1.93. The van der Waals surface area contributed by atoms with Gasteiger partial charge in [0.1, 0.15) is 18.4 Å². The van der Waals surface area contributed by atoms with Crippen molar-refractivity contribution >= 4 is 11.8 Å². The molecule has 0 aliphatic heterocycles. The van der Waals surface area contributed by atoms with E-state index in [-0.39, 0.29) is 11.8 Å². The zero-order valence-electron chi connectivity index (χ0n) is 19.2. The van der Waals surface area contributed by atoms with Crippen molar-refractivity contribution in [3.05, 3.63) is 95.8 Å². The van der Waals surface area contributed by atoms with Gasteiger partial charge in [-0.15, -0.1) is 0 Å². The van der Waals surface area contributed by atoms with Gasteiger partial charge in [-0.25, -0.2) is 9.36 Å². The van der Waals surface area contributed by atoms with E-state index >= 15 is 0 Å². The lowest BCUT2D eigenvalue weighted by molar-refractivity contribution is -0.671. The van der Waals surface area contributed by atoms with Crippen LogP contribution in [0.3, 0.4) is 0 Å². The number of benzene rings is 2. The van der Waals surface area contributed by atoms with Crippen LogP contribution in [0.2, 0.25) is 0 Å². The van der Waals surface area contributed by atoms with Crippen molar-refractivity contribution in [2.75, 3.05) is 13.2 Å². The Hall–Kier alpha value is -3.47. The van der Waals surface area contributed by atoms with Crippen molar-refractivity contribution in [3.63, 3.8) is 0 Å². The molecule has 0 aliphatic carbocycles.